The summed E-state index contributed by atoms with van der Waals surface area (Å²) in [7, 11) is 0. The molecule has 0 unspecified atom stereocenters. The first-order valence-electron chi connectivity index (χ1n) is 7.07. The van der Waals surface area contributed by atoms with Crippen molar-refractivity contribution < 1.29 is 9.13 Å². The molecular weight excluding hydrogens is 333 g/mol. The molecule has 2 aromatic carbocycles. The van der Waals surface area contributed by atoms with Crippen molar-refractivity contribution in [1.29, 1.82) is 0 Å². The predicted octanol–water partition coefficient (Wildman–Crippen LogP) is 4.94. The van der Waals surface area contributed by atoms with Crippen LogP contribution in [-0.4, -0.2) is 6.04 Å². The van der Waals surface area contributed by atoms with Crippen LogP contribution in [0.2, 0.25) is 0 Å². The van der Waals surface area contributed by atoms with Crippen LogP contribution in [0, 0.1) is 12.7 Å². The molecule has 3 rings (SSSR count). The summed E-state index contributed by atoms with van der Waals surface area (Å²) >= 11 is 3.49. The lowest BCUT2D eigenvalue weighted by atomic mass is 10.2. The molecule has 0 spiro atoms. The van der Waals surface area contributed by atoms with E-state index in [0.29, 0.717) is 17.4 Å². The van der Waals surface area contributed by atoms with E-state index in [1.165, 1.54) is 18.9 Å². The molecule has 1 N–H and O–H groups in total. The zero-order chi connectivity index (χ0) is 14.8. The Labute approximate surface area is 132 Å². The van der Waals surface area contributed by atoms with Crippen LogP contribution in [0.25, 0.3) is 0 Å². The Morgan fingerprint density at radius 3 is 2.76 bits per heavy atom. The van der Waals surface area contributed by atoms with Gasteiger partial charge in [0.1, 0.15) is 17.3 Å². The zero-order valence-corrected chi connectivity index (χ0v) is 13.4. The first kappa shape index (κ1) is 14.5. The minimum absolute atomic E-state index is 0.214. The van der Waals surface area contributed by atoms with Gasteiger partial charge < -0.3 is 10.1 Å². The third kappa shape index (κ3) is 3.83. The van der Waals surface area contributed by atoms with E-state index in [1.807, 2.05) is 12.1 Å². The lowest BCUT2D eigenvalue weighted by Gasteiger charge is -2.13. The number of nitrogens with one attached hydrogen (secondary N) is 1. The highest BCUT2D eigenvalue weighted by molar-refractivity contribution is 9.10. The number of hydrogen-bond acceptors (Lipinski definition) is 2. The molecule has 21 heavy (non-hydrogen) atoms. The zero-order valence-electron chi connectivity index (χ0n) is 11.8. The Kier molecular flexibility index (Phi) is 4.27. The maximum Gasteiger partial charge on any atom is 0.131 e. The second-order valence-electron chi connectivity index (χ2n) is 5.42. The van der Waals surface area contributed by atoms with E-state index in [0.717, 1.165) is 22.3 Å². The standard InChI is InChI=1S/C17H17BrFNO/c1-11-8-15(5-6-16(11)19)21-17-7-2-13(18)9-12(17)10-20-14-3-4-14/h2,5-9,14,20H,3-4,10H2,1H3. The molecule has 2 aromatic rings. The van der Waals surface area contributed by atoms with E-state index in [9.17, 15) is 4.39 Å². The number of rotatable bonds is 5. The Bertz CT molecular complexity index is 655. The normalized spacial score (nSPS) is 14.2. The fourth-order valence-corrected chi connectivity index (χ4v) is 2.54. The minimum atomic E-state index is -0.214. The molecule has 110 valence electrons. The molecule has 0 saturated heterocycles. The van der Waals surface area contributed by atoms with Crippen LogP contribution in [0.4, 0.5) is 4.39 Å². The maximum absolute atomic E-state index is 13.3. The topological polar surface area (TPSA) is 21.3 Å². The smallest absolute Gasteiger partial charge is 0.131 e. The molecule has 4 heteroatoms. The van der Waals surface area contributed by atoms with Crippen molar-refractivity contribution in [1.82, 2.24) is 5.32 Å². The van der Waals surface area contributed by atoms with Gasteiger partial charge in [-0.15, -0.1) is 0 Å². The summed E-state index contributed by atoms with van der Waals surface area (Å²) in [6, 6.07) is 11.4. The summed E-state index contributed by atoms with van der Waals surface area (Å²) in [5.74, 6) is 1.25. The van der Waals surface area contributed by atoms with Crippen LogP contribution in [0.1, 0.15) is 24.0 Å². The van der Waals surface area contributed by atoms with E-state index in [2.05, 4.69) is 27.3 Å². The second-order valence-corrected chi connectivity index (χ2v) is 6.34. The van der Waals surface area contributed by atoms with E-state index >= 15 is 0 Å². The van der Waals surface area contributed by atoms with Gasteiger partial charge in [-0.25, -0.2) is 4.39 Å². The van der Waals surface area contributed by atoms with Crippen LogP contribution in [0.15, 0.2) is 40.9 Å². The quantitative estimate of drug-likeness (QED) is 0.825. The van der Waals surface area contributed by atoms with Crippen molar-refractivity contribution in [2.24, 2.45) is 0 Å². The lowest BCUT2D eigenvalue weighted by Crippen LogP contribution is -2.15. The molecule has 0 radical (unpaired) electrons. The molecule has 0 bridgehead atoms. The largest absolute Gasteiger partial charge is 0.457 e. The van der Waals surface area contributed by atoms with Gasteiger partial charge in [-0.3, -0.25) is 0 Å². The van der Waals surface area contributed by atoms with Crippen molar-refractivity contribution in [3.8, 4) is 11.5 Å². The fourth-order valence-electron chi connectivity index (χ4n) is 2.14. The first-order chi connectivity index (χ1) is 10.1. The molecule has 1 fully saturated rings. The molecule has 0 atom stereocenters. The van der Waals surface area contributed by atoms with E-state index < -0.39 is 0 Å². The van der Waals surface area contributed by atoms with Crippen molar-refractivity contribution in [2.75, 3.05) is 0 Å². The Morgan fingerprint density at radius 2 is 2.05 bits per heavy atom. The molecule has 1 aliphatic carbocycles. The first-order valence-corrected chi connectivity index (χ1v) is 7.87. The summed E-state index contributed by atoms with van der Waals surface area (Å²) in [4.78, 5) is 0. The van der Waals surface area contributed by atoms with Gasteiger partial charge in [-0.05, 0) is 61.7 Å². The highest BCUT2D eigenvalue weighted by Gasteiger charge is 2.20. The molecular formula is C17H17BrFNO. The van der Waals surface area contributed by atoms with Crippen LogP contribution in [0.3, 0.4) is 0 Å². The summed E-state index contributed by atoms with van der Waals surface area (Å²) in [6.45, 7) is 2.51. The van der Waals surface area contributed by atoms with Crippen molar-refractivity contribution in [2.45, 2.75) is 32.4 Å². The minimum Gasteiger partial charge on any atom is -0.457 e. The van der Waals surface area contributed by atoms with Gasteiger partial charge in [0.05, 0.1) is 0 Å². The number of benzene rings is 2. The summed E-state index contributed by atoms with van der Waals surface area (Å²) in [6.07, 6.45) is 2.50. The fraction of sp³-hybridized carbons (Fsp3) is 0.294. The van der Waals surface area contributed by atoms with Gasteiger partial charge in [0, 0.05) is 22.6 Å². The van der Waals surface area contributed by atoms with Gasteiger partial charge in [0.15, 0.2) is 0 Å². The summed E-state index contributed by atoms with van der Waals surface area (Å²) in [5, 5.41) is 3.49. The number of ether oxygens (including phenoxy) is 1. The number of hydrogen-bond donors (Lipinski definition) is 1. The van der Waals surface area contributed by atoms with Crippen molar-refractivity contribution in [3.63, 3.8) is 0 Å². The number of aryl methyl sites for hydroxylation is 1. The highest BCUT2D eigenvalue weighted by Crippen LogP contribution is 2.30. The van der Waals surface area contributed by atoms with E-state index in [-0.39, 0.29) is 5.82 Å². The summed E-state index contributed by atoms with van der Waals surface area (Å²) in [5.41, 5.74) is 1.68. The summed E-state index contributed by atoms with van der Waals surface area (Å²) < 4.78 is 20.3. The Balaban J connectivity index is 1.80. The van der Waals surface area contributed by atoms with Crippen LogP contribution >= 0.6 is 15.9 Å². The van der Waals surface area contributed by atoms with Gasteiger partial charge in [-0.2, -0.15) is 0 Å². The molecule has 1 aliphatic rings. The predicted molar refractivity (Wildman–Crippen MR) is 85.2 cm³/mol. The van der Waals surface area contributed by atoms with E-state index in [4.69, 9.17) is 4.74 Å². The number of halogens is 2. The third-order valence-electron chi connectivity index (χ3n) is 3.54. The average molecular weight is 350 g/mol. The van der Waals surface area contributed by atoms with Gasteiger partial charge in [-0.1, -0.05) is 15.9 Å². The second kappa shape index (κ2) is 6.16. The Hall–Kier alpha value is -1.39. The van der Waals surface area contributed by atoms with Gasteiger partial charge in [0.25, 0.3) is 0 Å². The Morgan fingerprint density at radius 1 is 1.24 bits per heavy atom. The lowest BCUT2D eigenvalue weighted by molar-refractivity contribution is 0.470. The SMILES string of the molecule is Cc1cc(Oc2ccc(Br)cc2CNC2CC2)ccc1F. The highest BCUT2D eigenvalue weighted by atomic mass is 79.9. The van der Waals surface area contributed by atoms with Crippen LogP contribution in [-0.2, 0) is 6.54 Å². The molecule has 0 aromatic heterocycles. The molecule has 0 amide bonds. The average Bonchev–Trinajstić information content (AvgIpc) is 3.27. The van der Waals surface area contributed by atoms with Crippen LogP contribution < -0.4 is 10.1 Å². The van der Waals surface area contributed by atoms with E-state index in [1.54, 1.807) is 19.1 Å². The van der Waals surface area contributed by atoms with Gasteiger partial charge in [0.2, 0.25) is 0 Å². The van der Waals surface area contributed by atoms with Crippen molar-refractivity contribution >= 4 is 15.9 Å². The third-order valence-corrected chi connectivity index (χ3v) is 4.03. The molecule has 1 saturated carbocycles. The van der Waals surface area contributed by atoms with Crippen LogP contribution in [0.5, 0.6) is 11.5 Å². The molecule has 2 nitrogen and oxygen atoms in total. The van der Waals surface area contributed by atoms with Crippen molar-refractivity contribution in [3.05, 3.63) is 57.8 Å². The monoisotopic (exact) mass is 349 g/mol. The maximum atomic E-state index is 13.3. The molecule has 0 heterocycles. The van der Waals surface area contributed by atoms with Gasteiger partial charge >= 0.3 is 0 Å². The molecule has 0 aliphatic heterocycles.